The summed E-state index contributed by atoms with van der Waals surface area (Å²) < 4.78 is 0. The van der Waals surface area contributed by atoms with E-state index in [1.54, 1.807) is 30.3 Å². The van der Waals surface area contributed by atoms with E-state index in [2.05, 4.69) is 9.97 Å². The average Bonchev–Trinajstić information content (AvgIpc) is 2.82. The summed E-state index contributed by atoms with van der Waals surface area (Å²) in [7, 11) is 0. The zero-order valence-corrected chi connectivity index (χ0v) is 19.2. The fraction of sp³-hybridized carbons (Fsp3) is 0.348. The minimum absolute atomic E-state index is 0.102. The van der Waals surface area contributed by atoms with Gasteiger partial charge in [-0.3, -0.25) is 24.7 Å². The lowest BCUT2D eigenvalue weighted by atomic mass is 9.86. The molecule has 7 N–H and O–H groups in total. The van der Waals surface area contributed by atoms with E-state index in [0.29, 0.717) is 23.3 Å². The van der Waals surface area contributed by atoms with Gasteiger partial charge in [0, 0.05) is 25.2 Å². The topological polar surface area (TPSA) is 214 Å². The second-order valence-corrected chi connectivity index (χ2v) is 7.91. The SMILES string of the molecule is CCCCC(=O)N(C(=O)[C@@H](N)CC(=O)O)[C@@](Cc1ccccc1)(C(=O)O)c1ncc(C(=N)N)cn1. The Morgan fingerprint density at radius 3 is 2.20 bits per heavy atom. The Morgan fingerprint density at radius 1 is 1.11 bits per heavy atom. The first-order valence-corrected chi connectivity index (χ1v) is 10.8. The van der Waals surface area contributed by atoms with E-state index < -0.39 is 54.0 Å². The van der Waals surface area contributed by atoms with Crippen molar-refractivity contribution in [3.05, 3.63) is 59.7 Å². The van der Waals surface area contributed by atoms with Gasteiger partial charge in [0.25, 0.3) is 0 Å². The third-order valence-electron chi connectivity index (χ3n) is 5.30. The summed E-state index contributed by atoms with van der Waals surface area (Å²) in [6.07, 6.45) is 1.75. The average molecular weight is 485 g/mol. The fourth-order valence-electron chi connectivity index (χ4n) is 3.50. The molecule has 0 aliphatic heterocycles. The second-order valence-electron chi connectivity index (χ2n) is 7.91. The van der Waals surface area contributed by atoms with Gasteiger partial charge in [0.05, 0.1) is 18.0 Å². The molecule has 186 valence electrons. The Kier molecular flexibility index (Phi) is 9.11. The van der Waals surface area contributed by atoms with Crippen LogP contribution in [0.25, 0.3) is 0 Å². The molecule has 0 bridgehead atoms. The highest BCUT2D eigenvalue weighted by Gasteiger charge is 2.54. The van der Waals surface area contributed by atoms with Crippen molar-refractivity contribution in [3.63, 3.8) is 0 Å². The van der Waals surface area contributed by atoms with Gasteiger partial charge in [-0.2, -0.15) is 0 Å². The number of nitrogens with zero attached hydrogens (tertiary/aromatic N) is 3. The molecule has 2 amide bonds. The van der Waals surface area contributed by atoms with Gasteiger partial charge in [0.2, 0.25) is 17.4 Å². The molecule has 12 heteroatoms. The van der Waals surface area contributed by atoms with Gasteiger partial charge >= 0.3 is 11.9 Å². The number of unbranched alkanes of at least 4 members (excludes halogenated alkanes) is 1. The Morgan fingerprint density at radius 2 is 1.71 bits per heavy atom. The molecule has 2 aromatic rings. The Bertz CT molecular complexity index is 1090. The number of amides is 2. The smallest absolute Gasteiger partial charge is 0.338 e. The van der Waals surface area contributed by atoms with Gasteiger partial charge in [0.1, 0.15) is 5.84 Å². The normalized spacial score (nSPS) is 13.3. The van der Waals surface area contributed by atoms with Crippen LogP contribution in [0.5, 0.6) is 0 Å². The zero-order valence-electron chi connectivity index (χ0n) is 19.2. The van der Waals surface area contributed by atoms with Crippen molar-refractivity contribution in [2.45, 2.75) is 50.6 Å². The minimum Gasteiger partial charge on any atom is -0.481 e. The Hall–Kier alpha value is -4.19. The molecule has 0 saturated carbocycles. The fourth-order valence-corrected chi connectivity index (χ4v) is 3.50. The lowest BCUT2D eigenvalue weighted by molar-refractivity contribution is -0.169. The van der Waals surface area contributed by atoms with Crippen LogP contribution in [0.1, 0.15) is 49.6 Å². The van der Waals surface area contributed by atoms with Crippen molar-refractivity contribution < 1.29 is 29.4 Å². The number of imide groups is 1. The van der Waals surface area contributed by atoms with Crippen LogP contribution in [0.15, 0.2) is 42.7 Å². The minimum atomic E-state index is -2.45. The van der Waals surface area contributed by atoms with Crippen LogP contribution in [0.4, 0.5) is 0 Å². The molecule has 0 fully saturated rings. The van der Waals surface area contributed by atoms with Crippen molar-refractivity contribution in [2.24, 2.45) is 11.5 Å². The van der Waals surface area contributed by atoms with Crippen LogP contribution in [-0.2, 0) is 31.1 Å². The third kappa shape index (κ3) is 6.23. The quantitative estimate of drug-likeness (QED) is 0.209. The maximum absolute atomic E-state index is 13.4. The number of nitrogens with two attached hydrogens (primary N) is 2. The summed E-state index contributed by atoms with van der Waals surface area (Å²) in [6.45, 7) is 1.81. The molecule has 1 heterocycles. The monoisotopic (exact) mass is 484 g/mol. The molecule has 0 spiro atoms. The van der Waals surface area contributed by atoms with Crippen LogP contribution in [0.3, 0.4) is 0 Å². The van der Waals surface area contributed by atoms with Gasteiger partial charge in [-0.15, -0.1) is 0 Å². The number of hydrogen-bond acceptors (Lipinski definition) is 8. The van der Waals surface area contributed by atoms with E-state index in [-0.39, 0.29) is 17.8 Å². The summed E-state index contributed by atoms with van der Waals surface area (Å²) in [5.74, 6) is -5.81. The number of benzene rings is 1. The van der Waals surface area contributed by atoms with Gasteiger partial charge < -0.3 is 21.7 Å². The number of aliphatic carboxylic acids is 2. The van der Waals surface area contributed by atoms with Crippen molar-refractivity contribution >= 4 is 29.6 Å². The molecule has 12 nitrogen and oxygen atoms in total. The number of amidine groups is 1. The van der Waals surface area contributed by atoms with E-state index >= 15 is 0 Å². The number of carbonyl (C=O) groups excluding carboxylic acids is 2. The number of carbonyl (C=O) groups is 4. The van der Waals surface area contributed by atoms with Gasteiger partial charge in [-0.05, 0) is 12.0 Å². The summed E-state index contributed by atoms with van der Waals surface area (Å²) in [5.41, 5.74) is 9.36. The molecule has 1 aromatic heterocycles. The number of nitrogens with one attached hydrogen (secondary N) is 1. The highest BCUT2D eigenvalue weighted by molar-refractivity contribution is 6.04. The van der Waals surface area contributed by atoms with E-state index in [0.717, 1.165) is 12.4 Å². The number of rotatable bonds is 12. The predicted octanol–water partition coefficient (Wildman–Crippen LogP) is 0.631. The molecule has 35 heavy (non-hydrogen) atoms. The standard InChI is InChI=1S/C23H28N6O6/c1-2-3-9-17(30)29(20(33)16(24)10-18(31)32)23(22(34)35,11-14-7-5-4-6-8-14)21-27-12-15(13-28-21)19(25)26/h4-8,12-13,16H,2-3,9-11,24H2,1H3,(H3,25,26)(H,31,32)(H,34,35)/t16-,23+/m0/s1. The first kappa shape index (κ1) is 27.1. The molecule has 0 unspecified atom stereocenters. The first-order chi connectivity index (χ1) is 16.5. The maximum atomic E-state index is 13.4. The van der Waals surface area contributed by atoms with Crippen LogP contribution in [0, 0.1) is 5.41 Å². The Labute approximate surface area is 201 Å². The predicted molar refractivity (Wildman–Crippen MR) is 124 cm³/mol. The van der Waals surface area contributed by atoms with E-state index in [9.17, 15) is 24.3 Å². The lowest BCUT2D eigenvalue weighted by Gasteiger charge is -2.39. The molecular formula is C23H28N6O6. The molecule has 0 aliphatic carbocycles. The summed E-state index contributed by atoms with van der Waals surface area (Å²) in [5, 5.41) is 27.2. The molecule has 0 radical (unpaired) electrons. The first-order valence-electron chi connectivity index (χ1n) is 10.8. The highest BCUT2D eigenvalue weighted by Crippen LogP contribution is 2.33. The largest absolute Gasteiger partial charge is 0.481 e. The van der Waals surface area contributed by atoms with Crippen molar-refractivity contribution in [3.8, 4) is 0 Å². The van der Waals surface area contributed by atoms with Crippen LogP contribution in [-0.4, -0.2) is 60.7 Å². The van der Waals surface area contributed by atoms with Gasteiger partial charge in [0.15, 0.2) is 5.82 Å². The molecule has 2 atom stereocenters. The second kappa shape index (κ2) is 11.8. The van der Waals surface area contributed by atoms with E-state index in [1.165, 1.54) is 0 Å². The van der Waals surface area contributed by atoms with Crippen molar-refractivity contribution in [1.82, 2.24) is 14.9 Å². The molecule has 1 aromatic carbocycles. The summed E-state index contributed by atoms with van der Waals surface area (Å²) >= 11 is 0. The summed E-state index contributed by atoms with van der Waals surface area (Å²) in [6, 6.07) is 6.55. The molecule has 2 rings (SSSR count). The number of hydrogen-bond donors (Lipinski definition) is 5. The zero-order chi connectivity index (χ0) is 26.2. The number of aromatic nitrogens is 2. The van der Waals surface area contributed by atoms with Crippen LogP contribution in [0.2, 0.25) is 0 Å². The summed E-state index contributed by atoms with van der Waals surface area (Å²) in [4.78, 5) is 59.6. The van der Waals surface area contributed by atoms with Crippen molar-refractivity contribution in [1.29, 1.82) is 5.41 Å². The van der Waals surface area contributed by atoms with Gasteiger partial charge in [-0.1, -0.05) is 43.7 Å². The molecule has 0 saturated heterocycles. The maximum Gasteiger partial charge on any atom is 0.338 e. The molecular weight excluding hydrogens is 456 g/mol. The van der Waals surface area contributed by atoms with Crippen molar-refractivity contribution in [2.75, 3.05) is 0 Å². The van der Waals surface area contributed by atoms with Gasteiger partial charge in [-0.25, -0.2) is 14.8 Å². The van der Waals surface area contributed by atoms with Crippen LogP contribution >= 0.6 is 0 Å². The number of carboxylic acids is 2. The van der Waals surface area contributed by atoms with Crippen LogP contribution < -0.4 is 11.5 Å². The molecule has 0 aliphatic rings. The Balaban J connectivity index is 2.81. The van der Waals surface area contributed by atoms with E-state index in [4.69, 9.17) is 22.0 Å². The number of nitrogen functional groups attached to an aromatic ring is 1. The van der Waals surface area contributed by atoms with E-state index in [1.807, 2.05) is 6.92 Å². The third-order valence-corrected chi connectivity index (χ3v) is 5.30. The highest BCUT2D eigenvalue weighted by atomic mass is 16.4. The number of carboxylic acid groups (broad SMARTS) is 2. The lowest BCUT2D eigenvalue weighted by Crippen LogP contribution is -2.62.